The van der Waals surface area contributed by atoms with Gasteiger partial charge >= 0.3 is 6.18 Å². The number of piperidine rings is 1. The highest BCUT2D eigenvalue weighted by molar-refractivity contribution is 5.27. The lowest BCUT2D eigenvalue weighted by molar-refractivity contribution is -0.153. The fourth-order valence-electron chi connectivity index (χ4n) is 3.60. The van der Waals surface area contributed by atoms with E-state index in [1.807, 2.05) is 0 Å². The van der Waals surface area contributed by atoms with Crippen LogP contribution >= 0.6 is 0 Å². The Kier molecular flexibility index (Phi) is 5.50. The van der Waals surface area contributed by atoms with E-state index in [2.05, 4.69) is 38.3 Å². The zero-order valence-corrected chi connectivity index (χ0v) is 14.8. The molecule has 0 unspecified atom stereocenters. The van der Waals surface area contributed by atoms with E-state index in [0.717, 1.165) is 18.4 Å². The third-order valence-corrected chi connectivity index (χ3v) is 4.11. The summed E-state index contributed by atoms with van der Waals surface area (Å²) in [5, 5.41) is 7.21. The average molecular weight is 344 g/mol. The number of hydrogen-bond donors (Lipinski definition) is 2. The number of rotatable bonds is 5. The van der Waals surface area contributed by atoms with Crippen molar-refractivity contribution in [3.05, 3.63) is 29.8 Å². The molecule has 0 spiro atoms. The van der Waals surface area contributed by atoms with Crippen LogP contribution in [0.1, 0.15) is 46.1 Å². The molecule has 1 aromatic rings. The third kappa shape index (κ3) is 6.32. The van der Waals surface area contributed by atoms with Crippen molar-refractivity contribution in [2.45, 2.75) is 70.4 Å². The monoisotopic (exact) mass is 344 g/mol. The van der Waals surface area contributed by atoms with Crippen molar-refractivity contribution in [3.8, 4) is 5.75 Å². The Morgan fingerprint density at radius 1 is 1.08 bits per heavy atom. The summed E-state index contributed by atoms with van der Waals surface area (Å²) in [5.41, 5.74) is 1.19. The highest BCUT2D eigenvalue weighted by Crippen LogP contribution is 2.28. The Labute approximate surface area is 142 Å². The molecule has 0 atom stereocenters. The van der Waals surface area contributed by atoms with E-state index in [-0.39, 0.29) is 16.8 Å². The van der Waals surface area contributed by atoms with Crippen LogP contribution in [0, 0.1) is 0 Å². The van der Waals surface area contributed by atoms with Crippen LogP contribution in [0.3, 0.4) is 0 Å². The second-order valence-corrected chi connectivity index (χ2v) is 7.93. The first-order valence-corrected chi connectivity index (χ1v) is 8.25. The maximum atomic E-state index is 12.1. The summed E-state index contributed by atoms with van der Waals surface area (Å²) in [7, 11) is 0. The van der Waals surface area contributed by atoms with Gasteiger partial charge in [-0.3, -0.25) is 0 Å². The van der Waals surface area contributed by atoms with Crippen molar-refractivity contribution < 1.29 is 17.9 Å². The topological polar surface area (TPSA) is 33.3 Å². The Bertz CT molecular complexity index is 522. The van der Waals surface area contributed by atoms with E-state index in [9.17, 15) is 13.2 Å². The highest BCUT2D eigenvalue weighted by atomic mass is 19.4. The fourth-order valence-corrected chi connectivity index (χ4v) is 3.60. The molecule has 1 aliphatic heterocycles. The quantitative estimate of drug-likeness (QED) is 0.846. The predicted octanol–water partition coefficient (Wildman–Crippen LogP) is 4.03. The zero-order chi connectivity index (χ0) is 18.0. The van der Waals surface area contributed by atoms with Gasteiger partial charge < -0.3 is 15.4 Å². The van der Waals surface area contributed by atoms with Crippen LogP contribution < -0.4 is 15.4 Å². The minimum atomic E-state index is -4.31. The molecule has 1 aromatic carbocycles. The first-order chi connectivity index (χ1) is 10.9. The van der Waals surface area contributed by atoms with Crippen LogP contribution in [0.2, 0.25) is 0 Å². The first kappa shape index (κ1) is 19.1. The van der Waals surface area contributed by atoms with Gasteiger partial charge in [-0.05, 0) is 58.2 Å². The van der Waals surface area contributed by atoms with E-state index in [1.165, 1.54) is 0 Å². The molecule has 2 rings (SSSR count). The van der Waals surface area contributed by atoms with Gasteiger partial charge in [-0.25, -0.2) is 0 Å². The molecule has 1 saturated heterocycles. The van der Waals surface area contributed by atoms with Gasteiger partial charge in [0.15, 0.2) is 6.61 Å². The van der Waals surface area contributed by atoms with E-state index in [1.54, 1.807) is 24.3 Å². The van der Waals surface area contributed by atoms with E-state index >= 15 is 0 Å². The zero-order valence-electron chi connectivity index (χ0n) is 14.8. The minimum absolute atomic E-state index is 0.0781. The van der Waals surface area contributed by atoms with Crippen molar-refractivity contribution in [2.75, 3.05) is 6.61 Å². The van der Waals surface area contributed by atoms with Crippen LogP contribution in [-0.4, -0.2) is 29.9 Å². The lowest BCUT2D eigenvalue weighted by Gasteiger charge is -2.46. The van der Waals surface area contributed by atoms with E-state index < -0.39 is 12.8 Å². The average Bonchev–Trinajstić information content (AvgIpc) is 2.40. The summed E-state index contributed by atoms with van der Waals surface area (Å²) >= 11 is 0. The first-order valence-electron chi connectivity index (χ1n) is 8.25. The summed E-state index contributed by atoms with van der Waals surface area (Å²) in [6, 6.07) is 7.17. The summed E-state index contributed by atoms with van der Waals surface area (Å²) in [5.74, 6) is 0.236. The smallest absolute Gasteiger partial charge is 0.422 e. The Hall–Kier alpha value is -1.27. The molecule has 2 N–H and O–H groups in total. The van der Waals surface area contributed by atoms with E-state index in [4.69, 9.17) is 4.74 Å². The molecular formula is C18H27F3N2O. The fraction of sp³-hybridized carbons (Fsp3) is 0.667. The molecule has 0 radical (unpaired) electrons. The van der Waals surface area contributed by atoms with Crippen molar-refractivity contribution in [2.24, 2.45) is 0 Å². The van der Waals surface area contributed by atoms with Crippen molar-refractivity contribution in [3.63, 3.8) is 0 Å². The second kappa shape index (κ2) is 6.92. The number of hydrogen-bond acceptors (Lipinski definition) is 3. The van der Waals surface area contributed by atoms with Gasteiger partial charge in [0.2, 0.25) is 0 Å². The van der Waals surface area contributed by atoms with Crippen LogP contribution in [0.4, 0.5) is 13.2 Å². The van der Waals surface area contributed by atoms with Gasteiger partial charge in [0.05, 0.1) is 0 Å². The number of ether oxygens (including phenoxy) is 1. The SMILES string of the molecule is CC1(C)CC(NCc2ccc(OCC(F)(F)F)cc2)CC(C)(C)N1. The number of nitrogens with one attached hydrogen (secondary N) is 2. The summed E-state index contributed by atoms with van der Waals surface area (Å²) in [6.45, 7) is 8.25. The van der Waals surface area contributed by atoms with Crippen LogP contribution in [-0.2, 0) is 6.54 Å². The third-order valence-electron chi connectivity index (χ3n) is 4.11. The molecule has 24 heavy (non-hydrogen) atoms. The normalized spacial score (nSPS) is 20.8. The Balaban J connectivity index is 1.86. The van der Waals surface area contributed by atoms with Gasteiger partial charge in [0, 0.05) is 23.7 Å². The lowest BCUT2D eigenvalue weighted by Crippen LogP contribution is -2.61. The van der Waals surface area contributed by atoms with Gasteiger partial charge in [0.1, 0.15) is 5.75 Å². The molecule has 0 aromatic heterocycles. The van der Waals surface area contributed by atoms with Crippen molar-refractivity contribution in [1.82, 2.24) is 10.6 Å². The van der Waals surface area contributed by atoms with Gasteiger partial charge in [-0.2, -0.15) is 13.2 Å². The van der Waals surface area contributed by atoms with Gasteiger partial charge in [0.25, 0.3) is 0 Å². The summed E-state index contributed by atoms with van der Waals surface area (Å²) < 4.78 is 41.1. The van der Waals surface area contributed by atoms with Gasteiger partial charge in [-0.1, -0.05) is 12.1 Å². The van der Waals surface area contributed by atoms with E-state index in [0.29, 0.717) is 12.6 Å². The van der Waals surface area contributed by atoms with Gasteiger partial charge in [-0.15, -0.1) is 0 Å². The molecule has 0 amide bonds. The largest absolute Gasteiger partial charge is 0.484 e. The molecule has 1 fully saturated rings. The molecule has 3 nitrogen and oxygen atoms in total. The van der Waals surface area contributed by atoms with Crippen molar-refractivity contribution in [1.29, 1.82) is 0 Å². The molecule has 0 bridgehead atoms. The molecule has 1 aliphatic rings. The maximum absolute atomic E-state index is 12.1. The molecule has 0 saturated carbocycles. The van der Waals surface area contributed by atoms with Crippen LogP contribution in [0.15, 0.2) is 24.3 Å². The van der Waals surface area contributed by atoms with Crippen LogP contribution in [0.25, 0.3) is 0 Å². The second-order valence-electron chi connectivity index (χ2n) is 7.93. The Morgan fingerprint density at radius 3 is 2.12 bits per heavy atom. The minimum Gasteiger partial charge on any atom is -0.484 e. The number of benzene rings is 1. The standard InChI is InChI=1S/C18H27F3N2O/c1-16(2)9-14(10-17(3,4)23-16)22-11-13-5-7-15(8-6-13)24-12-18(19,20)21/h5-8,14,22-23H,9-12H2,1-4H3. The molecule has 0 aliphatic carbocycles. The Morgan fingerprint density at radius 2 is 1.62 bits per heavy atom. The summed E-state index contributed by atoms with van der Waals surface area (Å²) in [6.07, 6.45) is -2.25. The van der Waals surface area contributed by atoms with Crippen LogP contribution in [0.5, 0.6) is 5.75 Å². The maximum Gasteiger partial charge on any atom is 0.422 e. The molecular weight excluding hydrogens is 317 g/mol. The molecule has 1 heterocycles. The predicted molar refractivity (Wildman–Crippen MR) is 89.1 cm³/mol. The molecule has 136 valence electrons. The lowest BCUT2D eigenvalue weighted by atomic mass is 9.79. The number of alkyl halides is 3. The molecule has 6 heteroatoms. The summed E-state index contributed by atoms with van der Waals surface area (Å²) in [4.78, 5) is 0. The number of halogens is 3. The highest BCUT2D eigenvalue weighted by Gasteiger charge is 2.37. The van der Waals surface area contributed by atoms with Crippen molar-refractivity contribution >= 4 is 0 Å².